The molecule has 0 radical (unpaired) electrons. The Balaban J connectivity index is 2.66. The lowest BCUT2D eigenvalue weighted by molar-refractivity contribution is 0.0831. The first-order valence-corrected chi connectivity index (χ1v) is 6.47. The highest BCUT2D eigenvalue weighted by molar-refractivity contribution is 9.10. The van der Waals surface area contributed by atoms with Crippen LogP contribution in [0.5, 0.6) is 0 Å². The molecule has 98 valence electrons. The number of primary amides is 1. The van der Waals surface area contributed by atoms with Gasteiger partial charge >= 0.3 is 6.03 Å². The zero-order valence-electron chi connectivity index (χ0n) is 10.1. The number of nitrogens with zero attached hydrogens (tertiary/aromatic N) is 1. The van der Waals surface area contributed by atoms with Crippen LogP contribution in [0.25, 0.3) is 0 Å². The number of nitrogens with one attached hydrogen (secondary N) is 1. The molecule has 0 aliphatic carbocycles. The van der Waals surface area contributed by atoms with Gasteiger partial charge in [0.25, 0.3) is 5.91 Å². The smallest absolute Gasteiger partial charge is 0.333 e. The molecule has 0 unspecified atom stereocenters. The summed E-state index contributed by atoms with van der Waals surface area (Å²) < 4.78 is 0.886. The van der Waals surface area contributed by atoms with Crippen molar-refractivity contribution in [2.75, 3.05) is 6.54 Å². The molecule has 0 atom stereocenters. The van der Waals surface area contributed by atoms with Crippen molar-refractivity contribution in [3.05, 3.63) is 34.3 Å². The lowest BCUT2D eigenvalue weighted by atomic mass is 10.2. The van der Waals surface area contributed by atoms with E-state index >= 15 is 0 Å². The highest BCUT2D eigenvalue weighted by Gasteiger charge is 2.13. The number of hydrazine groups is 1. The van der Waals surface area contributed by atoms with E-state index in [9.17, 15) is 9.59 Å². The number of unbranched alkanes of at least 4 members (excludes halogenated alkanes) is 1. The maximum atomic E-state index is 11.9. The summed E-state index contributed by atoms with van der Waals surface area (Å²) in [6, 6.07) is 6.19. The van der Waals surface area contributed by atoms with Crippen LogP contribution in [0.1, 0.15) is 30.1 Å². The maximum absolute atomic E-state index is 11.9. The van der Waals surface area contributed by atoms with Crippen molar-refractivity contribution in [1.82, 2.24) is 10.4 Å². The maximum Gasteiger partial charge on any atom is 0.333 e. The van der Waals surface area contributed by atoms with Gasteiger partial charge in [-0.1, -0.05) is 29.3 Å². The average molecular weight is 314 g/mol. The van der Waals surface area contributed by atoms with Crippen LogP contribution in [-0.2, 0) is 0 Å². The van der Waals surface area contributed by atoms with E-state index in [1.54, 1.807) is 24.3 Å². The summed E-state index contributed by atoms with van der Waals surface area (Å²) >= 11 is 3.29. The number of hydrogen-bond donors (Lipinski definition) is 2. The summed E-state index contributed by atoms with van der Waals surface area (Å²) in [5.74, 6) is -0.350. The van der Waals surface area contributed by atoms with Crippen LogP contribution in [0.4, 0.5) is 4.79 Å². The monoisotopic (exact) mass is 313 g/mol. The van der Waals surface area contributed by atoms with Crippen LogP contribution in [0, 0.1) is 0 Å². The number of urea groups is 1. The molecule has 0 saturated heterocycles. The standard InChI is InChI=1S/C12H16BrN3O2/c1-2-3-8-16(12(14)18)15-11(17)9-4-6-10(13)7-5-9/h4-7H,2-3,8H2,1H3,(H2,14,18)(H,15,17). The zero-order chi connectivity index (χ0) is 13.5. The minimum Gasteiger partial charge on any atom is -0.350 e. The number of carbonyl (C=O) groups is 2. The highest BCUT2D eigenvalue weighted by atomic mass is 79.9. The van der Waals surface area contributed by atoms with Crippen LogP contribution in [0.3, 0.4) is 0 Å². The van der Waals surface area contributed by atoms with Gasteiger partial charge in [0.15, 0.2) is 0 Å². The molecule has 5 nitrogen and oxygen atoms in total. The summed E-state index contributed by atoms with van der Waals surface area (Å²) in [5.41, 5.74) is 8.16. The Bertz CT molecular complexity index is 420. The SMILES string of the molecule is CCCCN(NC(=O)c1ccc(Br)cc1)C(N)=O. The molecular formula is C12H16BrN3O2. The van der Waals surface area contributed by atoms with Gasteiger partial charge in [0.1, 0.15) is 0 Å². The van der Waals surface area contributed by atoms with Gasteiger partial charge in [-0.3, -0.25) is 10.2 Å². The Kier molecular flexibility index (Phi) is 5.64. The number of amides is 3. The fourth-order valence-electron chi connectivity index (χ4n) is 1.33. The molecular weight excluding hydrogens is 298 g/mol. The third-order valence-corrected chi connectivity index (χ3v) is 2.87. The van der Waals surface area contributed by atoms with Crippen molar-refractivity contribution in [3.8, 4) is 0 Å². The van der Waals surface area contributed by atoms with Gasteiger partial charge in [0.05, 0.1) is 0 Å². The number of carbonyl (C=O) groups excluding carboxylic acids is 2. The molecule has 0 saturated carbocycles. The normalized spacial score (nSPS) is 9.89. The Morgan fingerprint density at radius 1 is 1.33 bits per heavy atom. The molecule has 6 heteroatoms. The molecule has 3 amide bonds. The fraction of sp³-hybridized carbons (Fsp3) is 0.333. The van der Waals surface area contributed by atoms with Crippen LogP contribution in [-0.4, -0.2) is 23.5 Å². The molecule has 0 fully saturated rings. The quantitative estimate of drug-likeness (QED) is 0.837. The second-order valence-corrected chi connectivity index (χ2v) is 4.71. The molecule has 0 aromatic heterocycles. The van der Waals surface area contributed by atoms with Crippen LogP contribution >= 0.6 is 15.9 Å². The third kappa shape index (κ3) is 4.37. The second-order valence-electron chi connectivity index (χ2n) is 3.79. The predicted octanol–water partition coefficient (Wildman–Crippen LogP) is 2.27. The third-order valence-electron chi connectivity index (χ3n) is 2.34. The largest absolute Gasteiger partial charge is 0.350 e. The van der Waals surface area contributed by atoms with E-state index in [2.05, 4.69) is 21.4 Å². The summed E-state index contributed by atoms with van der Waals surface area (Å²) in [4.78, 5) is 23.0. The minimum absolute atomic E-state index is 0.350. The van der Waals surface area contributed by atoms with Gasteiger partial charge < -0.3 is 5.73 Å². The van der Waals surface area contributed by atoms with E-state index < -0.39 is 6.03 Å². The van der Waals surface area contributed by atoms with Gasteiger partial charge in [0.2, 0.25) is 0 Å². The van der Waals surface area contributed by atoms with Gasteiger partial charge in [-0.2, -0.15) is 0 Å². The predicted molar refractivity (Wildman–Crippen MR) is 72.8 cm³/mol. The zero-order valence-corrected chi connectivity index (χ0v) is 11.7. The van der Waals surface area contributed by atoms with Crippen molar-refractivity contribution in [2.24, 2.45) is 5.73 Å². The van der Waals surface area contributed by atoms with Gasteiger partial charge in [-0.05, 0) is 30.7 Å². The number of halogens is 1. The van der Waals surface area contributed by atoms with Crippen molar-refractivity contribution in [1.29, 1.82) is 0 Å². The summed E-state index contributed by atoms with van der Waals surface area (Å²) in [6.45, 7) is 2.41. The topological polar surface area (TPSA) is 75.4 Å². The summed E-state index contributed by atoms with van der Waals surface area (Å²) in [7, 11) is 0. The number of benzene rings is 1. The Morgan fingerprint density at radius 3 is 2.44 bits per heavy atom. The molecule has 3 N–H and O–H groups in total. The first kappa shape index (κ1) is 14.5. The van der Waals surface area contributed by atoms with E-state index in [4.69, 9.17) is 5.73 Å². The molecule has 18 heavy (non-hydrogen) atoms. The molecule has 1 aromatic rings. The lowest BCUT2D eigenvalue weighted by Crippen LogP contribution is -2.49. The van der Waals surface area contributed by atoms with E-state index in [-0.39, 0.29) is 5.91 Å². The summed E-state index contributed by atoms with van der Waals surface area (Å²) in [6.07, 6.45) is 1.70. The van der Waals surface area contributed by atoms with Crippen LogP contribution < -0.4 is 11.2 Å². The molecule has 0 aliphatic rings. The molecule has 0 aliphatic heterocycles. The highest BCUT2D eigenvalue weighted by Crippen LogP contribution is 2.10. The van der Waals surface area contributed by atoms with Crippen molar-refractivity contribution < 1.29 is 9.59 Å². The average Bonchev–Trinajstić information content (AvgIpc) is 2.34. The molecule has 1 rings (SSSR count). The van der Waals surface area contributed by atoms with Gasteiger partial charge in [0, 0.05) is 16.6 Å². The summed E-state index contributed by atoms with van der Waals surface area (Å²) in [5, 5.41) is 1.13. The van der Waals surface area contributed by atoms with E-state index in [0.29, 0.717) is 12.1 Å². The lowest BCUT2D eigenvalue weighted by Gasteiger charge is -2.20. The van der Waals surface area contributed by atoms with Crippen molar-refractivity contribution in [3.63, 3.8) is 0 Å². The van der Waals surface area contributed by atoms with E-state index in [1.165, 1.54) is 0 Å². The minimum atomic E-state index is -0.658. The van der Waals surface area contributed by atoms with E-state index in [0.717, 1.165) is 22.3 Å². The Hall–Kier alpha value is -1.56. The molecule has 1 aromatic carbocycles. The van der Waals surface area contributed by atoms with Crippen LogP contribution in [0.2, 0.25) is 0 Å². The molecule has 0 bridgehead atoms. The second kappa shape index (κ2) is 7.00. The Labute approximate surface area is 114 Å². The van der Waals surface area contributed by atoms with Crippen molar-refractivity contribution in [2.45, 2.75) is 19.8 Å². The number of hydrogen-bond acceptors (Lipinski definition) is 2. The van der Waals surface area contributed by atoms with Crippen LogP contribution in [0.15, 0.2) is 28.7 Å². The molecule has 0 heterocycles. The molecule has 0 spiro atoms. The first-order chi connectivity index (χ1) is 8.54. The van der Waals surface area contributed by atoms with Gasteiger partial charge in [-0.25, -0.2) is 9.80 Å². The fourth-order valence-corrected chi connectivity index (χ4v) is 1.59. The first-order valence-electron chi connectivity index (χ1n) is 5.68. The van der Waals surface area contributed by atoms with Crippen molar-refractivity contribution >= 4 is 27.9 Å². The van der Waals surface area contributed by atoms with E-state index in [1.807, 2.05) is 6.92 Å². The Morgan fingerprint density at radius 2 is 1.94 bits per heavy atom. The number of nitrogens with two attached hydrogens (primary N) is 1. The van der Waals surface area contributed by atoms with Gasteiger partial charge in [-0.15, -0.1) is 0 Å². The number of rotatable bonds is 4.